The third kappa shape index (κ3) is 7.75. The summed E-state index contributed by atoms with van der Waals surface area (Å²) in [4.78, 5) is 0. The molecule has 0 aromatic heterocycles. The van der Waals surface area contributed by atoms with Gasteiger partial charge in [0.15, 0.2) is 8.32 Å². The summed E-state index contributed by atoms with van der Waals surface area (Å²) in [6.45, 7) is 9.00. The fourth-order valence-corrected chi connectivity index (χ4v) is 4.62. The van der Waals surface area contributed by atoms with E-state index in [4.69, 9.17) is 4.43 Å². The highest BCUT2D eigenvalue weighted by Gasteiger charge is 2.17. The minimum absolute atomic E-state index is 0.312. The Bertz CT molecular complexity index is 641. The van der Waals surface area contributed by atoms with E-state index in [9.17, 15) is 5.11 Å². The molecular formula is C23H34O2Si. The van der Waals surface area contributed by atoms with Crippen molar-refractivity contribution in [3.63, 3.8) is 0 Å². The molecule has 0 bridgehead atoms. The van der Waals surface area contributed by atoms with Gasteiger partial charge in [-0.05, 0) is 74.7 Å². The van der Waals surface area contributed by atoms with Gasteiger partial charge in [-0.25, -0.2) is 0 Å². The topological polar surface area (TPSA) is 29.5 Å². The molecule has 2 nitrogen and oxygen atoms in total. The van der Waals surface area contributed by atoms with Gasteiger partial charge in [-0.1, -0.05) is 55.7 Å². The van der Waals surface area contributed by atoms with Crippen molar-refractivity contribution < 1.29 is 9.53 Å². The van der Waals surface area contributed by atoms with Gasteiger partial charge in [0.25, 0.3) is 0 Å². The molecule has 1 unspecified atom stereocenters. The van der Waals surface area contributed by atoms with Crippen LogP contribution in [-0.2, 0) is 10.8 Å². The van der Waals surface area contributed by atoms with Crippen LogP contribution in [0.3, 0.4) is 0 Å². The van der Waals surface area contributed by atoms with Crippen molar-refractivity contribution in [1.82, 2.24) is 0 Å². The van der Waals surface area contributed by atoms with Crippen molar-refractivity contribution in [3.8, 4) is 16.9 Å². The van der Waals surface area contributed by atoms with Crippen LogP contribution in [0.15, 0.2) is 48.5 Å². The first-order chi connectivity index (χ1) is 12.3. The molecule has 0 aliphatic rings. The molecule has 26 heavy (non-hydrogen) atoms. The number of phenolic OH excluding ortho intramolecular Hbond substituents is 1. The molecule has 1 N–H and O–H groups in total. The molecule has 3 heteroatoms. The van der Waals surface area contributed by atoms with Gasteiger partial charge in [0.05, 0.1) is 0 Å². The molecule has 0 aliphatic carbocycles. The number of phenols is 1. The second kappa shape index (κ2) is 9.93. The Morgan fingerprint density at radius 1 is 0.808 bits per heavy atom. The molecule has 2 aromatic rings. The molecule has 0 radical (unpaired) electrons. The van der Waals surface area contributed by atoms with E-state index in [0.29, 0.717) is 11.9 Å². The maximum Gasteiger partial charge on any atom is 0.184 e. The Labute approximate surface area is 160 Å². The highest BCUT2D eigenvalue weighted by molar-refractivity contribution is 6.69. The smallest absolute Gasteiger partial charge is 0.184 e. The van der Waals surface area contributed by atoms with E-state index in [0.717, 1.165) is 12.0 Å². The van der Waals surface area contributed by atoms with Crippen LogP contribution < -0.4 is 0 Å². The van der Waals surface area contributed by atoms with Crippen LogP contribution in [0.4, 0.5) is 0 Å². The molecule has 0 saturated carbocycles. The Morgan fingerprint density at radius 3 is 1.92 bits per heavy atom. The molecule has 1 atom stereocenters. The normalized spacial score (nSPS) is 12.9. The van der Waals surface area contributed by atoms with Crippen molar-refractivity contribution in [1.29, 1.82) is 0 Å². The van der Waals surface area contributed by atoms with Gasteiger partial charge in [0.2, 0.25) is 0 Å². The molecule has 142 valence electrons. The van der Waals surface area contributed by atoms with Gasteiger partial charge in [0.1, 0.15) is 5.75 Å². The van der Waals surface area contributed by atoms with Crippen LogP contribution in [0.2, 0.25) is 19.6 Å². The zero-order valence-electron chi connectivity index (χ0n) is 16.8. The number of aryl methyl sites for hydroxylation is 1. The van der Waals surface area contributed by atoms with Gasteiger partial charge < -0.3 is 9.53 Å². The SMILES string of the molecule is CC(CCCCCCc1ccc(-c2ccc(O)cc2)cc1)O[Si](C)(C)C. The molecule has 0 spiro atoms. The Balaban J connectivity index is 1.65. The van der Waals surface area contributed by atoms with E-state index in [2.05, 4.69) is 50.8 Å². The highest BCUT2D eigenvalue weighted by atomic mass is 28.4. The summed E-state index contributed by atoms with van der Waals surface area (Å²) in [6.07, 6.45) is 7.86. The summed E-state index contributed by atoms with van der Waals surface area (Å²) in [5, 5.41) is 9.38. The van der Waals surface area contributed by atoms with E-state index < -0.39 is 8.32 Å². The Kier molecular flexibility index (Phi) is 7.92. The largest absolute Gasteiger partial charge is 0.508 e. The summed E-state index contributed by atoms with van der Waals surface area (Å²) in [5.41, 5.74) is 3.75. The third-order valence-corrected chi connectivity index (χ3v) is 5.64. The number of aromatic hydroxyl groups is 1. The molecule has 0 saturated heterocycles. The molecule has 0 aliphatic heterocycles. The zero-order chi connectivity index (χ0) is 19.0. The van der Waals surface area contributed by atoms with Crippen molar-refractivity contribution >= 4 is 8.32 Å². The van der Waals surface area contributed by atoms with Crippen molar-refractivity contribution in [2.45, 2.75) is 71.2 Å². The van der Waals surface area contributed by atoms with Crippen LogP contribution in [0.1, 0.15) is 44.6 Å². The standard InChI is InChI=1S/C23H34O2Si/c1-19(25-26(2,3)4)9-7-5-6-8-10-20-11-13-21(14-12-20)22-15-17-23(24)18-16-22/h11-19,24H,5-10H2,1-4H3. The molecule has 0 amide bonds. The minimum Gasteiger partial charge on any atom is -0.508 e. The van der Waals surface area contributed by atoms with E-state index >= 15 is 0 Å². The van der Waals surface area contributed by atoms with E-state index in [1.54, 1.807) is 12.1 Å². The van der Waals surface area contributed by atoms with Gasteiger partial charge in [-0.3, -0.25) is 0 Å². The fraction of sp³-hybridized carbons (Fsp3) is 0.478. The first kappa shape index (κ1) is 20.7. The average molecular weight is 371 g/mol. The van der Waals surface area contributed by atoms with Crippen LogP contribution >= 0.6 is 0 Å². The number of rotatable bonds is 10. The number of hydrogen-bond acceptors (Lipinski definition) is 2. The highest BCUT2D eigenvalue weighted by Crippen LogP contribution is 2.23. The van der Waals surface area contributed by atoms with Crippen molar-refractivity contribution in [3.05, 3.63) is 54.1 Å². The van der Waals surface area contributed by atoms with Crippen LogP contribution in [0.5, 0.6) is 5.75 Å². The summed E-state index contributed by atoms with van der Waals surface area (Å²) >= 11 is 0. The molecular weight excluding hydrogens is 336 g/mol. The monoisotopic (exact) mass is 370 g/mol. The lowest BCUT2D eigenvalue weighted by Gasteiger charge is -2.23. The predicted octanol–water partition coefficient (Wildman–Crippen LogP) is 6.79. The Hall–Kier alpha value is -1.58. The fourth-order valence-electron chi connectivity index (χ4n) is 3.29. The molecule has 0 fully saturated rings. The maximum atomic E-state index is 9.38. The third-order valence-electron chi connectivity index (χ3n) is 4.54. The quantitative estimate of drug-likeness (QED) is 0.368. The van der Waals surface area contributed by atoms with Gasteiger partial charge in [-0.2, -0.15) is 0 Å². The summed E-state index contributed by atoms with van der Waals surface area (Å²) < 4.78 is 6.09. The first-order valence-corrected chi connectivity index (χ1v) is 13.3. The van der Waals surface area contributed by atoms with E-state index in [1.807, 2.05) is 12.1 Å². The number of unbranched alkanes of at least 4 members (excludes halogenated alkanes) is 3. The molecule has 0 heterocycles. The van der Waals surface area contributed by atoms with Gasteiger partial charge in [0, 0.05) is 6.10 Å². The summed E-state index contributed by atoms with van der Waals surface area (Å²) in [7, 11) is -1.38. The second-order valence-electron chi connectivity index (χ2n) is 8.24. The van der Waals surface area contributed by atoms with Crippen LogP contribution in [0, 0.1) is 0 Å². The summed E-state index contributed by atoms with van der Waals surface area (Å²) in [6, 6.07) is 16.2. The van der Waals surface area contributed by atoms with Crippen LogP contribution in [0.25, 0.3) is 11.1 Å². The van der Waals surface area contributed by atoms with Gasteiger partial charge in [-0.15, -0.1) is 0 Å². The lowest BCUT2D eigenvalue weighted by Crippen LogP contribution is -2.30. The number of benzene rings is 2. The molecule has 2 aromatic carbocycles. The predicted molar refractivity (Wildman–Crippen MR) is 114 cm³/mol. The zero-order valence-corrected chi connectivity index (χ0v) is 17.8. The van der Waals surface area contributed by atoms with E-state index in [-0.39, 0.29) is 0 Å². The second-order valence-corrected chi connectivity index (χ2v) is 12.7. The van der Waals surface area contributed by atoms with Crippen molar-refractivity contribution in [2.75, 3.05) is 0 Å². The van der Waals surface area contributed by atoms with Crippen molar-refractivity contribution in [2.24, 2.45) is 0 Å². The summed E-state index contributed by atoms with van der Waals surface area (Å²) in [5.74, 6) is 0.312. The molecule has 2 rings (SSSR count). The Morgan fingerprint density at radius 2 is 1.35 bits per heavy atom. The minimum atomic E-state index is -1.38. The van der Waals surface area contributed by atoms with E-state index in [1.165, 1.54) is 43.2 Å². The first-order valence-electron chi connectivity index (χ1n) is 9.90. The average Bonchev–Trinajstić information content (AvgIpc) is 2.58. The lowest BCUT2D eigenvalue weighted by molar-refractivity contribution is 0.199. The maximum absolute atomic E-state index is 9.38. The van der Waals surface area contributed by atoms with Gasteiger partial charge >= 0.3 is 0 Å². The lowest BCUT2D eigenvalue weighted by atomic mass is 10.0. The van der Waals surface area contributed by atoms with Crippen LogP contribution in [-0.4, -0.2) is 19.5 Å². The number of hydrogen-bond donors (Lipinski definition) is 1.